The summed E-state index contributed by atoms with van der Waals surface area (Å²) < 4.78 is 26.3. The van der Waals surface area contributed by atoms with Crippen LogP contribution in [0.3, 0.4) is 0 Å². The van der Waals surface area contributed by atoms with Crippen LogP contribution >= 0.6 is 0 Å². The van der Waals surface area contributed by atoms with Gasteiger partial charge in [0.2, 0.25) is 10.0 Å². The standard InChI is InChI=1S/C16H24N2O5S/c1-11(2)18(6)24(22,23)13-9-7-8-12(10-13)14(19)17(5)16(3,4)15(20)21/h7-11H,1-6H3,(H,20,21). The molecule has 0 aliphatic carbocycles. The Hall–Kier alpha value is -1.93. The molecular formula is C16H24N2O5S. The fraction of sp³-hybridized carbons (Fsp3) is 0.500. The van der Waals surface area contributed by atoms with Gasteiger partial charge in [0.25, 0.3) is 5.91 Å². The van der Waals surface area contributed by atoms with Crippen LogP contribution < -0.4 is 0 Å². The molecule has 8 heteroatoms. The number of carboxylic acid groups (broad SMARTS) is 1. The van der Waals surface area contributed by atoms with Crippen LogP contribution in [0.4, 0.5) is 0 Å². The first-order chi connectivity index (χ1) is 10.8. The molecule has 134 valence electrons. The molecule has 1 N–H and O–H groups in total. The molecule has 0 saturated carbocycles. The minimum absolute atomic E-state index is 0.00826. The van der Waals surface area contributed by atoms with E-state index < -0.39 is 27.4 Å². The van der Waals surface area contributed by atoms with Gasteiger partial charge in [0.15, 0.2) is 0 Å². The van der Waals surface area contributed by atoms with Crippen molar-refractivity contribution >= 4 is 21.9 Å². The van der Waals surface area contributed by atoms with E-state index in [9.17, 15) is 23.1 Å². The smallest absolute Gasteiger partial charge is 0.329 e. The van der Waals surface area contributed by atoms with Gasteiger partial charge in [-0.15, -0.1) is 0 Å². The van der Waals surface area contributed by atoms with E-state index in [0.29, 0.717) is 0 Å². The Labute approximate surface area is 142 Å². The predicted octanol–water partition coefficient (Wildman–Crippen LogP) is 1.65. The van der Waals surface area contributed by atoms with Gasteiger partial charge in [-0.05, 0) is 45.9 Å². The molecule has 0 spiro atoms. The van der Waals surface area contributed by atoms with Crippen LogP contribution in [-0.4, -0.2) is 60.3 Å². The lowest BCUT2D eigenvalue weighted by molar-refractivity contribution is -0.147. The van der Waals surface area contributed by atoms with Crippen LogP contribution in [-0.2, 0) is 14.8 Å². The Morgan fingerprint density at radius 1 is 1.17 bits per heavy atom. The molecule has 0 saturated heterocycles. The topological polar surface area (TPSA) is 95.0 Å². The normalized spacial score (nSPS) is 12.5. The van der Waals surface area contributed by atoms with Crippen molar-refractivity contribution in [2.75, 3.05) is 14.1 Å². The number of benzene rings is 1. The molecule has 0 aliphatic rings. The summed E-state index contributed by atoms with van der Waals surface area (Å²) in [6.07, 6.45) is 0. The molecule has 0 aromatic heterocycles. The van der Waals surface area contributed by atoms with E-state index >= 15 is 0 Å². The van der Waals surface area contributed by atoms with Gasteiger partial charge in [0, 0.05) is 25.7 Å². The molecule has 24 heavy (non-hydrogen) atoms. The third kappa shape index (κ3) is 3.76. The maximum absolute atomic E-state index is 12.5. The molecule has 7 nitrogen and oxygen atoms in total. The molecule has 0 atom stereocenters. The molecule has 0 heterocycles. The summed E-state index contributed by atoms with van der Waals surface area (Å²) in [4.78, 5) is 24.9. The van der Waals surface area contributed by atoms with Crippen molar-refractivity contribution in [3.05, 3.63) is 29.8 Å². The van der Waals surface area contributed by atoms with Crippen molar-refractivity contribution in [2.24, 2.45) is 0 Å². The van der Waals surface area contributed by atoms with Gasteiger partial charge in [-0.25, -0.2) is 13.2 Å². The largest absolute Gasteiger partial charge is 0.480 e. The van der Waals surface area contributed by atoms with Crippen LogP contribution in [0.1, 0.15) is 38.1 Å². The van der Waals surface area contributed by atoms with Crippen molar-refractivity contribution in [3.63, 3.8) is 0 Å². The SMILES string of the molecule is CC(C)N(C)S(=O)(=O)c1cccc(C(=O)N(C)C(C)(C)C(=O)O)c1. The van der Waals surface area contributed by atoms with Crippen LogP contribution in [0, 0.1) is 0 Å². The van der Waals surface area contributed by atoms with Gasteiger partial charge in [0.1, 0.15) is 5.54 Å². The van der Waals surface area contributed by atoms with E-state index in [1.807, 2.05) is 0 Å². The number of carbonyl (C=O) groups is 2. The highest BCUT2D eigenvalue weighted by Crippen LogP contribution is 2.21. The summed E-state index contributed by atoms with van der Waals surface area (Å²) in [5.74, 6) is -1.71. The van der Waals surface area contributed by atoms with Crippen molar-refractivity contribution in [2.45, 2.75) is 44.2 Å². The number of hydrogen-bond donors (Lipinski definition) is 1. The summed E-state index contributed by atoms with van der Waals surface area (Å²) in [5.41, 5.74) is -1.30. The fourth-order valence-corrected chi connectivity index (χ4v) is 3.24. The molecule has 0 fully saturated rings. The quantitative estimate of drug-likeness (QED) is 0.836. The third-order valence-electron chi connectivity index (χ3n) is 4.15. The summed E-state index contributed by atoms with van der Waals surface area (Å²) in [6, 6.07) is 5.38. The highest BCUT2D eigenvalue weighted by atomic mass is 32.2. The summed E-state index contributed by atoms with van der Waals surface area (Å²) in [5, 5.41) is 9.23. The number of sulfonamides is 1. The van der Waals surface area contributed by atoms with E-state index in [2.05, 4.69) is 0 Å². The first-order valence-corrected chi connectivity index (χ1v) is 8.87. The van der Waals surface area contributed by atoms with Gasteiger partial charge in [-0.3, -0.25) is 4.79 Å². The van der Waals surface area contributed by atoms with Gasteiger partial charge in [-0.1, -0.05) is 6.07 Å². The van der Waals surface area contributed by atoms with Crippen LogP contribution in [0.15, 0.2) is 29.2 Å². The number of carbonyl (C=O) groups excluding carboxylic acids is 1. The Morgan fingerprint density at radius 3 is 2.17 bits per heavy atom. The van der Waals surface area contributed by atoms with Crippen molar-refractivity contribution < 1.29 is 23.1 Å². The zero-order valence-corrected chi connectivity index (χ0v) is 15.6. The second-order valence-corrected chi connectivity index (χ2v) is 8.37. The number of amides is 1. The number of rotatable bonds is 6. The molecule has 1 aromatic carbocycles. The zero-order valence-electron chi connectivity index (χ0n) is 14.8. The minimum Gasteiger partial charge on any atom is -0.480 e. The molecule has 1 amide bonds. The van der Waals surface area contributed by atoms with Crippen molar-refractivity contribution in [1.82, 2.24) is 9.21 Å². The average molecular weight is 356 g/mol. The van der Waals surface area contributed by atoms with E-state index in [1.165, 1.54) is 56.5 Å². The number of nitrogens with zero attached hydrogens (tertiary/aromatic N) is 2. The highest BCUT2D eigenvalue weighted by Gasteiger charge is 2.36. The third-order valence-corrected chi connectivity index (χ3v) is 6.18. The summed E-state index contributed by atoms with van der Waals surface area (Å²) >= 11 is 0. The number of likely N-dealkylation sites (N-methyl/N-ethyl adjacent to an activating group) is 1. The number of aliphatic carboxylic acids is 1. The summed E-state index contributed by atoms with van der Waals surface area (Å²) in [6.45, 7) is 6.30. The first-order valence-electron chi connectivity index (χ1n) is 7.43. The zero-order chi connectivity index (χ0) is 18.9. The monoisotopic (exact) mass is 356 g/mol. The molecule has 0 radical (unpaired) electrons. The molecule has 0 aliphatic heterocycles. The lowest BCUT2D eigenvalue weighted by Gasteiger charge is -2.31. The maximum atomic E-state index is 12.5. The van der Waals surface area contributed by atoms with Crippen LogP contribution in [0.25, 0.3) is 0 Å². The lowest BCUT2D eigenvalue weighted by atomic mass is 10.0. The molecule has 1 aromatic rings. The number of hydrogen-bond acceptors (Lipinski definition) is 4. The second kappa shape index (κ2) is 6.90. The second-order valence-electron chi connectivity index (χ2n) is 6.37. The Balaban J connectivity index is 3.27. The molecule has 1 rings (SSSR count). The van der Waals surface area contributed by atoms with Crippen molar-refractivity contribution in [1.29, 1.82) is 0 Å². The molecule has 0 unspecified atom stereocenters. The molecule has 0 bridgehead atoms. The lowest BCUT2D eigenvalue weighted by Crippen LogP contribution is -2.50. The van der Waals surface area contributed by atoms with E-state index in [4.69, 9.17) is 0 Å². The Kier molecular flexibility index (Phi) is 5.78. The minimum atomic E-state index is -3.73. The highest BCUT2D eigenvalue weighted by molar-refractivity contribution is 7.89. The van der Waals surface area contributed by atoms with Gasteiger partial charge < -0.3 is 10.0 Å². The fourth-order valence-electron chi connectivity index (χ4n) is 1.82. The van der Waals surface area contributed by atoms with Crippen molar-refractivity contribution in [3.8, 4) is 0 Å². The van der Waals surface area contributed by atoms with Gasteiger partial charge in [0.05, 0.1) is 4.90 Å². The predicted molar refractivity (Wildman–Crippen MR) is 90.3 cm³/mol. The average Bonchev–Trinajstić information content (AvgIpc) is 2.52. The summed E-state index contributed by atoms with van der Waals surface area (Å²) in [7, 11) is -0.886. The van der Waals surface area contributed by atoms with E-state index in [1.54, 1.807) is 13.8 Å². The van der Waals surface area contributed by atoms with Crippen LogP contribution in [0.2, 0.25) is 0 Å². The first kappa shape index (κ1) is 20.1. The van der Waals surface area contributed by atoms with E-state index in [-0.39, 0.29) is 16.5 Å². The Bertz CT molecular complexity index is 741. The van der Waals surface area contributed by atoms with Gasteiger partial charge >= 0.3 is 5.97 Å². The van der Waals surface area contributed by atoms with E-state index in [0.717, 1.165) is 4.90 Å². The van der Waals surface area contributed by atoms with Crippen LogP contribution in [0.5, 0.6) is 0 Å². The maximum Gasteiger partial charge on any atom is 0.329 e. The van der Waals surface area contributed by atoms with Gasteiger partial charge in [-0.2, -0.15) is 4.31 Å². The molecular weight excluding hydrogens is 332 g/mol. The number of carboxylic acids is 1. The Morgan fingerprint density at radius 2 is 1.71 bits per heavy atom.